The number of H-pyrrole nitrogens is 2. The van der Waals surface area contributed by atoms with E-state index in [1.165, 1.54) is 25.9 Å². The number of hydrogen-bond acceptors (Lipinski definition) is 4. The standard InChI is InChI=1S/C23H22BrN5O/c24-14-5-6-15-18(11-14)28-23(30)20(22-26-16-3-1-2-4-17(16)27-22)21(15)25-19-12-29-9-7-13(19)8-10-29/h1-6,11,13,19H,7-10,12H2,(H,26,27)(H2,25,28,30). The molecule has 0 spiro atoms. The minimum absolute atomic E-state index is 0.136. The third-order valence-electron chi connectivity index (χ3n) is 6.59. The van der Waals surface area contributed by atoms with E-state index < -0.39 is 0 Å². The Morgan fingerprint density at radius 3 is 2.67 bits per heavy atom. The van der Waals surface area contributed by atoms with E-state index in [4.69, 9.17) is 4.98 Å². The molecule has 5 heterocycles. The maximum atomic E-state index is 13.3. The minimum Gasteiger partial charge on any atom is -0.379 e. The number of aromatic amines is 2. The van der Waals surface area contributed by atoms with Crippen LogP contribution in [0.5, 0.6) is 0 Å². The van der Waals surface area contributed by atoms with Crippen molar-refractivity contribution in [1.82, 2.24) is 19.9 Å². The largest absolute Gasteiger partial charge is 0.379 e. The molecular formula is C23H22BrN5O. The molecule has 4 aromatic rings. The number of anilines is 1. The molecule has 0 amide bonds. The summed E-state index contributed by atoms with van der Waals surface area (Å²) < 4.78 is 0.941. The van der Waals surface area contributed by atoms with Crippen molar-refractivity contribution in [3.8, 4) is 11.4 Å². The average Bonchev–Trinajstić information content (AvgIpc) is 3.18. The third-order valence-corrected chi connectivity index (χ3v) is 7.08. The van der Waals surface area contributed by atoms with Crippen molar-refractivity contribution in [3.63, 3.8) is 0 Å². The van der Waals surface area contributed by atoms with Gasteiger partial charge in [-0.3, -0.25) is 4.79 Å². The molecule has 3 fully saturated rings. The van der Waals surface area contributed by atoms with Gasteiger partial charge in [0.25, 0.3) is 5.56 Å². The van der Waals surface area contributed by atoms with Gasteiger partial charge in [0.15, 0.2) is 0 Å². The summed E-state index contributed by atoms with van der Waals surface area (Å²) in [5.41, 5.74) is 3.92. The van der Waals surface area contributed by atoms with Crippen molar-refractivity contribution < 1.29 is 0 Å². The van der Waals surface area contributed by atoms with Gasteiger partial charge in [-0.2, -0.15) is 0 Å². The van der Waals surface area contributed by atoms with E-state index >= 15 is 0 Å². The zero-order valence-electron chi connectivity index (χ0n) is 16.4. The van der Waals surface area contributed by atoms with E-state index in [0.29, 0.717) is 23.3 Å². The minimum atomic E-state index is -0.136. The molecule has 0 radical (unpaired) electrons. The van der Waals surface area contributed by atoms with E-state index in [0.717, 1.165) is 38.6 Å². The Labute approximate surface area is 181 Å². The molecule has 3 saturated heterocycles. The Morgan fingerprint density at radius 1 is 1.07 bits per heavy atom. The molecular weight excluding hydrogens is 442 g/mol. The topological polar surface area (TPSA) is 76.8 Å². The average molecular weight is 464 g/mol. The molecule has 3 aliphatic rings. The second-order valence-electron chi connectivity index (χ2n) is 8.39. The van der Waals surface area contributed by atoms with E-state index in [2.05, 4.69) is 42.2 Å². The number of piperidine rings is 3. The molecule has 152 valence electrons. The first-order valence-corrected chi connectivity index (χ1v) is 11.2. The second-order valence-corrected chi connectivity index (χ2v) is 9.30. The van der Waals surface area contributed by atoms with Gasteiger partial charge in [-0.15, -0.1) is 0 Å². The number of hydrogen-bond donors (Lipinski definition) is 3. The number of pyridine rings is 1. The number of halogens is 1. The zero-order valence-corrected chi connectivity index (χ0v) is 18.0. The van der Waals surface area contributed by atoms with E-state index in [-0.39, 0.29) is 5.56 Å². The van der Waals surface area contributed by atoms with Gasteiger partial charge in [0.1, 0.15) is 11.4 Å². The SMILES string of the molecule is O=c1[nH]c2cc(Br)ccc2c(NC2CN3CCC2CC3)c1-c1nc2ccccc2[nH]1. The van der Waals surface area contributed by atoms with Gasteiger partial charge in [0, 0.05) is 22.4 Å². The van der Waals surface area contributed by atoms with Crippen molar-refractivity contribution in [3.05, 3.63) is 57.3 Å². The summed E-state index contributed by atoms with van der Waals surface area (Å²) in [6.07, 6.45) is 2.43. The quantitative estimate of drug-likeness (QED) is 0.422. The zero-order chi connectivity index (χ0) is 20.2. The molecule has 1 atom stereocenters. The summed E-state index contributed by atoms with van der Waals surface area (Å²) in [6.45, 7) is 3.39. The van der Waals surface area contributed by atoms with Gasteiger partial charge >= 0.3 is 0 Å². The number of imidazole rings is 1. The predicted octanol–water partition coefficient (Wildman–Crippen LogP) is 4.34. The van der Waals surface area contributed by atoms with Crippen LogP contribution < -0.4 is 10.9 Å². The number of para-hydroxylation sites is 2. The molecule has 7 rings (SSSR count). The molecule has 0 aliphatic carbocycles. The van der Waals surface area contributed by atoms with Gasteiger partial charge < -0.3 is 20.2 Å². The van der Waals surface area contributed by atoms with Crippen molar-refractivity contribution in [1.29, 1.82) is 0 Å². The van der Waals surface area contributed by atoms with Gasteiger partial charge in [-0.1, -0.05) is 28.1 Å². The number of rotatable bonds is 3. The Hall–Kier alpha value is -2.64. The Balaban J connectivity index is 1.56. The molecule has 6 nitrogen and oxygen atoms in total. The summed E-state index contributed by atoms with van der Waals surface area (Å²) in [7, 11) is 0. The predicted molar refractivity (Wildman–Crippen MR) is 124 cm³/mol. The smallest absolute Gasteiger partial charge is 0.261 e. The lowest BCUT2D eigenvalue weighted by molar-refractivity contribution is 0.0976. The van der Waals surface area contributed by atoms with Crippen LogP contribution in [0.4, 0.5) is 5.69 Å². The third kappa shape index (κ3) is 2.96. The van der Waals surface area contributed by atoms with Crippen LogP contribution in [0.15, 0.2) is 51.7 Å². The fourth-order valence-electron chi connectivity index (χ4n) is 5.03. The molecule has 2 aromatic heterocycles. The summed E-state index contributed by atoms with van der Waals surface area (Å²) in [5.74, 6) is 1.24. The summed E-state index contributed by atoms with van der Waals surface area (Å²) in [5, 5.41) is 4.79. The highest BCUT2D eigenvalue weighted by Crippen LogP contribution is 2.36. The maximum Gasteiger partial charge on any atom is 0.261 e. The van der Waals surface area contributed by atoms with Gasteiger partial charge in [-0.25, -0.2) is 4.98 Å². The highest BCUT2D eigenvalue weighted by atomic mass is 79.9. The fraction of sp³-hybridized carbons (Fsp3) is 0.304. The number of benzene rings is 2. The van der Waals surface area contributed by atoms with Crippen LogP contribution in [0.3, 0.4) is 0 Å². The maximum absolute atomic E-state index is 13.3. The lowest BCUT2D eigenvalue weighted by Crippen LogP contribution is -2.53. The highest BCUT2D eigenvalue weighted by Gasteiger charge is 2.35. The van der Waals surface area contributed by atoms with Crippen molar-refractivity contribution in [2.75, 3.05) is 25.0 Å². The fourth-order valence-corrected chi connectivity index (χ4v) is 5.39. The lowest BCUT2D eigenvalue weighted by Gasteiger charge is -2.45. The monoisotopic (exact) mass is 463 g/mol. The Kier molecular flexibility index (Phi) is 4.21. The highest BCUT2D eigenvalue weighted by molar-refractivity contribution is 9.10. The Morgan fingerprint density at radius 2 is 1.90 bits per heavy atom. The summed E-state index contributed by atoms with van der Waals surface area (Å²) >= 11 is 3.53. The van der Waals surface area contributed by atoms with Crippen LogP contribution in [-0.4, -0.2) is 45.5 Å². The molecule has 1 unspecified atom stereocenters. The molecule has 3 aliphatic heterocycles. The van der Waals surface area contributed by atoms with Crippen LogP contribution in [0.25, 0.3) is 33.3 Å². The van der Waals surface area contributed by atoms with Crippen molar-refractivity contribution in [2.45, 2.75) is 18.9 Å². The van der Waals surface area contributed by atoms with Crippen LogP contribution in [-0.2, 0) is 0 Å². The molecule has 2 bridgehead atoms. The van der Waals surface area contributed by atoms with Crippen LogP contribution in [0.1, 0.15) is 12.8 Å². The van der Waals surface area contributed by atoms with Crippen molar-refractivity contribution in [2.24, 2.45) is 5.92 Å². The van der Waals surface area contributed by atoms with E-state index in [9.17, 15) is 4.79 Å². The van der Waals surface area contributed by atoms with Crippen LogP contribution in [0, 0.1) is 5.92 Å². The van der Waals surface area contributed by atoms with Gasteiger partial charge in [0.2, 0.25) is 0 Å². The molecule has 3 N–H and O–H groups in total. The number of aromatic nitrogens is 3. The second kappa shape index (κ2) is 6.96. The molecule has 0 saturated carbocycles. The van der Waals surface area contributed by atoms with E-state index in [1.54, 1.807) is 0 Å². The number of nitrogens with zero attached hydrogens (tertiary/aromatic N) is 2. The first-order chi connectivity index (χ1) is 14.7. The summed E-state index contributed by atoms with van der Waals surface area (Å²) in [4.78, 5) is 26.9. The first-order valence-electron chi connectivity index (χ1n) is 10.5. The van der Waals surface area contributed by atoms with Gasteiger partial charge in [0.05, 0.1) is 22.2 Å². The van der Waals surface area contributed by atoms with Crippen LogP contribution >= 0.6 is 15.9 Å². The van der Waals surface area contributed by atoms with E-state index in [1.807, 2.05) is 36.4 Å². The normalized spacial score (nSPS) is 23.3. The van der Waals surface area contributed by atoms with Crippen LogP contribution in [0.2, 0.25) is 0 Å². The molecule has 30 heavy (non-hydrogen) atoms. The lowest BCUT2D eigenvalue weighted by atomic mass is 9.83. The molecule has 2 aromatic carbocycles. The Bertz CT molecular complexity index is 1290. The molecule has 7 heteroatoms. The first kappa shape index (κ1) is 18.2. The van der Waals surface area contributed by atoms with Gasteiger partial charge in [-0.05, 0) is 62.2 Å². The summed E-state index contributed by atoms with van der Waals surface area (Å²) in [6, 6.07) is 14.3. The van der Waals surface area contributed by atoms with Crippen molar-refractivity contribution >= 4 is 43.6 Å². The number of nitrogens with one attached hydrogen (secondary N) is 3. The number of fused-ring (bicyclic) bond motifs is 5.